The summed E-state index contributed by atoms with van der Waals surface area (Å²) in [5.74, 6) is 1.82. The standard InChI is InChI=1S/C15H26N4S.HI/c1-11-6-5-9-19(10-11)15(16-4)17-8-7-14-12(2)18-13(3)20-14;/h11H,5-10H2,1-4H3,(H,16,17);1H. The van der Waals surface area contributed by atoms with Crippen LogP contribution in [0, 0.1) is 19.8 Å². The van der Waals surface area contributed by atoms with E-state index in [1.54, 1.807) is 11.3 Å². The van der Waals surface area contributed by atoms with Gasteiger partial charge in [-0.15, -0.1) is 35.3 Å². The summed E-state index contributed by atoms with van der Waals surface area (Å²) in [7, 11) is 1.88. The zero-order chi connectivity index (χ0) is 14.5. The van der Waals surface area contributed by atoms with E-state index in [1.807, 2.05) is 7.05 Å². The van der Waals surface area contributed by atoms with Gasteiger partial charge in [0.25, 0.3) is 0 Å². The molecule has 1 atom stereocenters. The van der Waals surface area contributed by atoms with E-state index in [4.69, 9.17) is 0 Å². The number of guanidine groups is 1. The molecule has 1 saturated heterocycles. The number of nitrogens with one attached hydrogen (secondary N) is 1. The molecule has 120 valence electrons. The lowest BCUT2D eigenvalue weighted by atomic mass is 10.0. The van der Waals surface area contributed by atoms with Crippen LogP contribution >= 0.6 is 35.3 Å². The Morgan fingerprint density at radius 2 is 2.24 bits per heavy atom. The maximum atomic E-state index is 4.48. The Labute approximate surface area is 149 Å². The summed E-state index contributed by atoms with van der Waals surface area (Å²) in [6.07, 6.45) is 3.64. The third-order valence-electron chi connectivity index (χ3n) is 3.80. The van der Waals surface area contributed by atoms with E-state index in [9.17, 15) is 0 Å². The highest BCUT2D eigenvalue weighted by molar-refractivity contribution is 14.0. The lowest BCUT2D eigenvalue weighted by Crippen LogP contribution is -2.46. The Balaban J connectivity index is 0.00000220. The molecule has 1 aliphatic rings. The highest BCUT2D eigenvalue weighted by Gasteiger charge is 2.18. The number of nitrogens with zero attached hydrogens (tertiary/aromatic N) is 3. The van der Waals surface area contributed by atoms with E-state index in [2.05, 4.69) is 41.0 Å². The van der Waals surface area contributed by atoms with Crippen LogP contribution in [0.1, 0.15) is 35.3 Å². The van der Waals surface area contributed by atoms with Crippen LogP contribution < -0.4 is 5.32 Å². The zero-order valence-corrected chi connectivity index (χ0v) is 16.6. The lowest BCUT2D eigenvalue weighted by molar-refractivity contribution is 0.266. The van der Waals surface area contributed by atoms with Crippen LogP contribution in [0.4, 0.5) is 0 Å². The largest absolute Gasteiger partial charge is 0.356 e. The van der Waals surface area contributed by atoms with Gasteiger partial charge in [0.1, 0.15) is 0 Å². The highest BCUT2D eigenvalue weighted by Crippen LogP contribution is 2.18. The van der Waals surface area contributed by atoms with Gasteiger partial charge in [-0.2, -0.15) is 0 Å². The van der Waals surface area contributed by atoms with Crippen molar-refractivity contribution in [1.82, 2.24) is 15.2 Å². The van der Waals surface area contributed by atoms with Gasteiger partial charge in [0.05, 0.1) is 10.7 Å². The molecule has 6 heteroatoms. The minimum Gasteiger partial charge on any atom is -0.356 e. The number of hydrogen-bond acceptors (Lipinski definition) is 3. The summed E-state index contributed by atoms with van der Waals surface area (Å²) in [5.41, 5.74) is 1.18. The van der Waals surface area contributed by atoms with Gasteiger partial charge in [-0.25, -0.2) is 4.98 Å². The molecule has 1 N–H and O–H groups in total. The molecule has 1 aromatic heterocycles. The molecular weight excluding hydrogens is 395 g/mol. The van der Waals surface area contributed by atoms with Gasteiger partial charge in [-0.05, 0) is 32.6 Å². The second-order valence-corrected chi connectivity index (χ2v) is 6.95. The Kier molecular flexibility index (Phi) is 7.94. The van der Waals surface area contributed by atoms with E-state index in [-0.39, 0.29) is 24.0 Å². The van der Waals surface area contributed by atoms with Gasteiger partial charge in [0.2, 0.25) is 0 Å². The number of rotatable bonds is 3. The first-order valence-corrected chi connectivity index (χ1v) is 8.30. The second kappa shape index (κ2) is 8.92. The number of thiazole rings is 1. The predicted molar refractivity (Wildman–Crippen MR) is 102 cm³/mol. The molecule has 0 aromatic carbocycles. The first-order chi connectivity index (χ1) is 9.60. The first kappa shape index (κ1) is 18.7. The second-order valence-electron chi connectivity index (χ2n) is 5.66. The summed E-state index contributed by atoms with van der Waals surface area (Å²) in [5, 5.41) is 4.66. The molecule has 0 aliphatic carbocycles. The fourth-order valence-corrected chi connectivity index (χ4v) is 3.74. The van der Waals surface area contributed by atoms with Crippen LogP contribution in [0.2, 0.25) is 0 Å². The van der Waals surface area contributed by atoms with E-state index in [1.165, 1.54) is 23.4 Å². The molecule has 0 bridgehead atoms. The smallest absolute Gasteiger partial charge is 0.193 e. The number of likely N-dealkylation sites (tertiary alicyclic amines) is 1. The minimum absolute atomic E-state index is 0. The average molecular weight is 422 g/mol. The molecule has 0 saturated carbocycles. The van der Waals surface area contributed by atoms with Crippen molar-refractivity contribution in [2.75, 3.05) is 26.7 Å². The Hall–Kier alpha value is -0.370. The van der Waals surface area contributed by atoms with E-state index >= 15 is 0 Å². The summed E-state index contributed by atoms with van der Waals surface area (Å²) in [4.78, 5) is 12.7. The van der Waals surface area contributed by atoms with Crippen LogP contribution in [0.25, 0.3) is 0 Å². The number of aromatic nitrogens is 1. The topological polar surface area (TPSA) is 40.5 Å². The number of aliphatic imine (C=N–C) groups is 1. The zero-order valence-electron chi connectivity index (χ0n) is 13.5. The Morgan fingerprint density at radius 1 is 1.48 bits per heavy atom. The molecule has 1 fully saturated rings. The van der Waals surface area contributed by atoms with Gasteiger partial charge < -0.3 is 10.2 Å². The monoisotopic (exact) mass is 422 g/mol. The van der Waals surface area contributed by atoms with Crippen LogP contribution in [-0.2, 0) is 6.42 Å². The molecule has 2 heterocycles. The molecule has 21 heavy (non-hydrogen) atoms. The fraction of sp³-hybridized carbons (Fsp3) is 0.733. The van der Waals surface area contributed by atoms with Crippen molar-refractivity contribution in [1.29, 1.82) is 0 Å². The van der Waals surface area contributed by atoms with Crippen molar-refractivity contribution in [3.05, 3.63) is 15.6 Å². The summed E-state index contributed by atoms with van der Waals surface area (Å²) >= 11 is 1.81. The maximum Gasteiger partial charge on any atom is 0.193 e. The van der Waals surface area contributed by atoms with E-state index < -0.39 is 0 Å². The van der Waals surface area contributed by atoms with Crippen molar-refractivity contribution >= 4 is 41.3 Å². The van der Waals surface area contributed by atoms with Crippen LogP contribution in [0.5, 0.6) is 0 Å². The van der Waals surface area contributed by atoms with E-state index in [0.29, 0.717) is 0 Å². The first-order valence-electron chi connectivity index (χ1n) is 7.48. The third-order valence-corrected chi connectivity index (χ3v) is 4.94. The third kappa shape index (κ3) is 5.39. The quantitative estimate of drug-likeness (QED) is 0.462. The summed E-state index contributed by atoms with van der Waals surface area (Å²) in [6, 6.07) is 0. The van der Waals surface area contributed by atoms with Gasteiger partial charge in [-0.1, -0.05) is 6.92 Å². The highest BCUT2D eigenvalue weighted by atomic mass is 127. The van der Waals surface area contributed by atoms with Crippen molar-refractivity contribution in [3.63, 3.8) is 0 Å². The van der Waals surface area contributed by atoms with Crippen molar-refractivity contribution < 1.29 is 0 Å². The molecule has 0 spiro atoms. The van der Waals surface area contributed by atoms with Gasteiger partial charge in [-0.3, -0.25) is 4.99 Å². The van der Waals surface area contributed by atoms with E-state index in [0.717, 1.165) is 42.9 Å². The van der Waals surface area contributed by atoms with Gasteiger partial charge >= 0.3 is 0 Å². The van der Waals surface area contributed by atoms with Crippen molar-refractivity contribution in [2.24, 2.45) is 10.9 Å². The molecule has 2 rings (SSSR count). The van der Waals surface area contributed by atoms with Crippen LogP contribution in [-0.4, -0.2) is 42.5 Å². The molecular formula is C15H27IN4S. The number of aryl methyl sites for hydroxylation is 2. The number of piperidine rings is 1. The van der Waals surface area contributed by atoms with Crippen LogP contribution in [0.15, 0.2) is 4.99 Å². The van der Waals surface area contributed by atoms with Crippen molar-refractivity contribution in [3.8, 4) is 0 Å². The molecule has 1 unspecified atom stereocenters. The Bertz CT molecular complexity index is 472. The minimum atomic E-state index is 0. The molecule has 1 aromatic rings. The molecule has 0 radical (unpaired) electrons. The van der Waals surface area contributed by atoms with Gasteiger partial charge in [0, 0.05) is 38.0 Å². The number of halogens is 1. The molecule has 1 aliphatic heterocycles. The fourth-order valence-electron chi connectivity index (χ4n) is 2.81. The maximum absolute atomic E-state index is 4.48. The van der Waals surface area contributed by atoms with Crippen molar-refractivity contribution in [2.45, 2.75) is 40.0 Å². The SMILES string of the molecule is CN=C(NCCc1sc(C)nc1C)N1CCCC(C)C1.I. The molecule has 0 amide bonds. The Morgan fingerprint density at radius 3 is 2.81 bits per heavy atom. The van der Waals surface area contributed by atoms with Crippen LogP contribution in [0.3, 0.4) is 0 Å². The predicted octanol–water partition coefficient (Wildman–Crippen LogP) is 3.23. The number of hydrogen-bond donors (Lipinski definition) is 1. The molecule has 4 nitrogen and oxygen atoms in total. The normalized spacial score (nSPS) is 19.3. The summed E-state index contributed by atoms with van der Waals surface area (Å²) < 4.78 is 0. The van der Waals surface area contributed by atoms with Gasteiger partial charge in [0.15, 0.2) is 5.96 Å². The average Bonchev–Trinajstić information content (AvgIpc) is 2.73. The summed E-state index contributed by atoms with van der Waals surface area (Å²) in [6.45, 7) is 9.67. The lowest BCUT2D eigenvalue weighted by Gasteiger charge is -2.33.